The van der Waals surface area contributed by atoms with Crippen molar-refractivity contribution in [2.45, 2.75) is 18.9 Å². The molecule has 18 heavy (non-hydrogen) atoms. The summed E-state index contributed by atoms with van der Waals surface area (Å²) in [7, 11) is 1.63. The molecule has 0 radical (unpaired) electrons. The van der Waals surface area contributed by atoms with Crippen LogP contribution >= 0.6 is 0 Å². The molecule has 1 aliphatic rings. The fourth-order valence-electron chi connectivity index (χ4n) is 1.60. The van der Waals surface area contributed by atoms with Gasteiger partial charge in [0.2, 0.25) is 0 Å². The molecule has 0 aromatic carbocycles. The van der Waals surface area contributed by atoms with Gasteiger partial charge in [-0.05, 0) is 0 Å². The first-order chi connectivity index (χ1) is 8.83. The minimum Gasteiger partial charge on any atom is -0.466 e. The average molecular weight is 261 g/mol. The zero-order valence-corrected chi connectivity index (χ0v) is 11.0. The third-order valence-electron chi connectivity index (χ3n) is 2.54. The molecular formula is C12H23NO5. The number of morpholine rings is 1. The summed E-state index contributed by atoms with van der Waals surface area (Å²) in [5.74, 6) is -0.185. The minimum atomic E-state index is -0.185. The molecule has 0 amide bonds. The Kier molecular flexibility index (Phi) is 8.75. The van der Waals surface area contributed by atoms with Crippen LogP contribution in [0.25, 0.3) is 0 Å². The quantitative estimate of drug-likeness (QED) is 0.464. The van der Waals surface area contributed by atoms with E-state index in [0.29, 0.717) is 52.5 Å². The Bertz CT molecular complexity index is 219. The Balaban J connectivity index is 1.90. The van der Waals surface area contributed by atoms with E-state index in [0.717, 1.165) is 6.54 Å². The Labute approximate surface area is 108 Å². The van der Waals surface area contributed by atoms with Crippen LogP contribution in [0.3, 0.4) is 0 Å². The molecule has 1 aliphatic heterocycles. The van der Waals surface area contributed by atoms with Crippen molar-refractivity contribution >= 4 is 5.97 Å². The average Bonchev–Trinajstić information content (AvgIpc) is 2.39. The number of ether oxygens (including phenoxy) is 4. The molecule has 1 atom stereocenters. The van der Waals surface area contributed by atoms with Gasteiger partial charge >= 0.3 is 5.97 Å². The second-order valence-corrected chi connectivity index (χ2v) is 4.11. The van der Waals surface area contributed by atoms with E-state index < -0.39 is 0 Å². The topological polar surface area (TPSA) is 66.0 Å². The SMILES string of the molecule is COCCOCCCOC(=O)CC1COCCN1. The van der Waals surface area contributed by atoms with Crippen LogP contribution in [0.15, 0.2) is 0 Å². The third kappa shape index (κ3) is 7.60. The summed E-state index contributed by atoms with van der Waals surface area (Å²) in [6.45, 7) is 4.24. The van der Waals surface area contributed by atoms with Crippen molar-refractivity contribution in [3.8, 4) is 0 Å². The highest BCUT2D eigenvalue weighted by molar-refractivity contribution is 5.70. The second kappa shape index (κ2) is 10.3. The van der Waals surface area contributed by atoms with E-state index in [4.69, 9.17) is 18.9 Å². The van der Waals surface area contributed by atoms with Gasteiger partial charge in [0.15, 0.2) is 0 Å². The largest absolute Gasteiger partial charge is 0.466 e. The first-order valence-corrected chi connectivity index (χ1v) is 6.36. The number of nitrogens with one attached hydrogen (secondary N) is 1. The van der Waals surface area contributed by atoms with Crippen LogP contribution in [0.2, 0.25) is 0 Å². The predicted octanol–water partition coefficient (Wildman–Crippen LogP) is -0.0388. The van der Waals surface area contributed by atoms with E-state index in [9.17, 15) is 4.79 Å². The van der Waals surface area contributed by atoms with Crippen molar-refractivity contribution in [2.24, 2.45) is 0 Å². The summed E-state index contributed by atoms with van der Waals surface area (Å²) in [6.07, 6.45) is 1.08. The van der Waals surface area contributed by atoms with Gasteiger partial charge in [0, 0.05) is 32.7 Å². The Morgan fingerprint density at radius 1 is 1.33 bits per heavy atom. The fraction of sp³-hybridized carbons (Fsp3) is 0.917. The highest BCUT2D eigenvalue weighted by atomic mass is 16.5. The molecule has 0 bridgehead atoms. The molecule has 6 heteroatoms. The number of hydrogen-bond acceptors (Lipinski definition) is 6. The van der Waals surface area contributed by atoms with Gasteiger partial charge in [-0.3, -0.25) is 4.79 Å². The monoisotopic (exact) mass is 261 g/mol. The van der Waals surface area contributed by atoms with E-state index in [1.807, 2.05) is 0 Å². The molecule has 1 saturated heterocycles. The van der Waals surface area contributed by atoms with Crippen molar-refractivity contribution in [3.63, 3.8) is 0 Å². The molecule has 0 aromatic heterocycles. The molecule has 1 N–H and O–H groups in total. The normalized spacial score (nSPS) is 19.7. The highest BCUT2D eigenvalue weighted by Gasteiger charge is 2.17. The van der Waals surface area contributed by atoms with Crippen molar-refractivity contribution in [1.29, 1.82) is 0 Å². The van der Waals surface area contributed by atoms with Gasteiger partial charge in [-0.2, -0.15) is 0 Å². The maximum Gasteiger partial charge on any atom is 0.307 e. The van der Waals surface area contributed by atoms with Crippen LogP contribution in [0, 0.1) is 0 Å². The molecule has 6 nitrogen and oxygen atoms in total. The summed E-state index contributed by atoms with van der Waals surface area (Å²) in [5.41, 5.74) is 0. The maximum absolute atomic E-state index is 11.5. The van der Waals surface area contributed by atoms with Crippen molar-refractivity contribution in [1.82, 2.24) is 5.32 Å². The highest BCUT2D eigenvalue weighted by Crippen LogP contribution is 2.00. The number of carbonyl (C=O) groups is 1. The number of esters is 1. The molecule has 1 heterocycles. The van der Waals surface area contributed by atoms with Gasteiger partial charge in [0.25, 0.3) is 0 Å². The van der Waals surface area contributed by atoms with Gasteiger partial charge in [-0.25, -0.2) is 0 Å². The van der Waals surface area contributed by atoms with Gasteiger partial charge in [0.1, 0.15) is 0 Å². The smallest absolute Gasteiger partial charge is 0.307 e. The maximum atomic E-state index is 11.5. The first-order valence-electron chi connectivity index (χ1n) is 6.36. The van der Waals surface area contributed by atoms with Gasteiger partial charge < -0.3 is 24.3 Å². The molecule has 1 unspecified atom stereocenters. The number of methoxy groups -OCH3 is 1. The summed E-state index contributed by atoms with van der Waals surface area (Å²) in [4.78, 5) is 11.5. The molecule has 1 fully saturated rings. The molecular weight excluding hydrogens is 238 g/mol. The number of rotatable bonds is 9. The lowest BCUT2D eigenvalue weighted by Gasteiger charge is -2.22. The second-order valence-electron chi connectivity index (χ2n) is 4.11. The van der Waals surface area contributed by atoms with E-state index >= 15 is 0 Å². The molecule has 0 saturated carbocycles. The standard InChI is InChI=1S/C12H23NO5/c1-15-7-8-16-4-2-5-18-12(14)9-11-10-17-6-3-13-11/h11,13H,2-10H2,1H3. The minimum absolute atomic E-state index is 0.0872. The molecule has 0 spiro atoms. The van der Waals surface area contributed by atoms with Gasteiger partial charge in [-0.15, -0.1) is 0 Å². The van der Waals surface area contributed by atoms with Crippen molar-refractivity contribution in [2.75, 3.05) is 53.3 Å². The van der Waals surface area contributed by atoms with Crippen LogP contribution in [0.4, 0.5) is 0 Å². The summed E-state index contributed by atoms with van der Waals surface area (Å²) in [6, 6.07) is 0.0872. The zero-order chi connectivity index (χ0) is 13.1. The van der Waals surface area contributed by atoms with E-state index in [-0.39, 0.29) is 12.0 Å². The van der Waals surface area contributed by atoms with Crippen LogP contribution < -0.4 is 5.32 Å². The Morgan fingerprint density at radius 3 is 2.94 bits per heavy atom. The lowest BCUT2D eigenvalue weighted by atomic mass is 10.2. The predicted molar refractivity (Wildman–Crippen MR) is 65.5 cm³/mol. The van der Waals surface area contributed by atoms with Crippen molar-refractivity contribution in [3.05, 3.63) is 0 Å². The number of carbonyl (C=O) groups excluding carboxylic acids is 1. The van der Waals surface area contributed by atoms with E-state index in [1.165, 1.54) is 0 Å². The third-order valence-corrected chi connectivity index (χ3v) is 2.54. The summed E-state index contributed by atoms with van der Waals surface area (Å²) < 4.78 is 20.5. The molecule has 106 valence electrons. The summed E-state index contributed by atoms with van der Waals surface area (Å²) >= 11 is 0. The molecule has 1 rings (SSSR count). The number of hydrogen-bond donors (Lipinski definition) is 1. The van der Waals surface area contributed by atoms with E-state index in [2.05, 4.69) is 5.32 Å². The summed E-state index contributed by atoms with van der Waals surface area (Å²) in [5, 5.41) is 3.21. The van der Waals surface area contributed by atoms with Crippen LogP contribution in [0.1, 0.15) is 12.8 Å². The van der Waals surface area contributed by atoms with Crippen LogP contribution in [0.5, 0.6) is 0 Å². The Morgan fingerprint density at radius 2 is 2.22 bits per heavy atom. The van der Waals surface area contributed by atoms with Crippen LogP contribution in [-0.4, -0.2) is 65.3 Å². The zero-order valence-electron chi connectivity index (χ0n) is 11.0. The fourth-order valence-corrected chi connectivity index (χ4v) is 1.60. The first kappa shape index (κ1) is 15.4. The van der Waals surface area contributed by atoms with Gasteiger partial charge in [-0.1, -0.05) is 0 Å². The van der Waals surface area contributed by atoms with Crippen molar-refractivity contribution < 1.29 is 23.7 Å². The lowest BCUT2D eigenvalue weighted by Crippen LogP contribution is -2.42. The lowest BCUT2D eigenvalue weighted by molar-refractivity contribution is -0.145. The van der Waals surface area contributed by atoms with E-state index in [1.54, 1.807) is 7.11 Å². The molecule has 0 aliphatic carbocycles. The van der Waals surface area contributed by atoms with Gasteiger partial charge in [0.05, 0.1) is 39.5 Å². The van der Waals surface area contributed by atoms with Crippen LogP contribution in [-0.2, 0) is 23.7 Å². The molecule has 0 aromatic rings. The Hall–Kier alpha value is -0.690.